The van der Waals surface area contributed by atoms with Crippen LogP contribution in [0.3, 0.4) is 0 Å². The molecule has 2 aromatic carbocycles. The Morgan fingerprint density at radius 2 is 1.93 bits per heavy atom. The van der Waals surface area contributed by atoms with Crippen LogP contribution in [-0.2, 0) is 11.4 Å². The Morgan fingerprint density at radius 1 is 1.14 bits per heavy atom. The number of nitrogens with zero attached hydrogens (tertiary/aromatic N) is 1. The average Bonchev–Trinajstić information content (AvgIpc) is 3.49. The molecule has 2 aromatic rings. The molecule has 1 amide bonds. The molecule has 2 fully saturated rings. The van der Waals surface area contributed by atoms with E-state index in [9.17, 15) is 4.79 Å². The van der Waals surface area contributed by atoms with E-state index in [2.05, 4.69) is 0 Å². The molecular weight excluding hydrogens is 390 g/mol. The molecule has 28 heavy (non-hydrogen) atoms. The molecule has 0 bridgehead atoms. The van der Waals surface area contributed by atoms with E-state index < -0.39 is 0 Å². The van der Waals surface area contributed by atoms with Crippen LogP contribution in [0.2, 0.25) is 0 Å². The van der Waals surface area contributed by atoms with Crippen molar-refractivity contribution in [2.45, 2.75) is 32.4 Å². The van der Waals surface area contributed by atoms with Crippen molar-refractivity contribution in [1.82, 2.24) is 4.90 Å². The Hall–Kier alpha value is -2.31. The predicted molar refractivity (Wildman–Crippen MR) is 116 cm³/mol. The van der Waals surface area contributed by atoms with Crippen LogP contribution in [0.4, 0.5) is 0 Å². The van der Waals surface area contributed by atoms with Crippen LogP contribution in [0.25, 0.3) is 6.08 Å². The van der Waals surface area contributed by atoms with Crippen molar-refractivity contribution in [3.63, 3.8) is 0 Å². The van der Waals surface area contributed by atoms with Gasteiger partial charge in [-0.15, -0.1) is 0 Å². The number of rotatable bonds is 7. The van der Waals surface area contributed by atoms with E-state index in [0.29, 0.717) is 40.0 Å². The lowest BCUT2D eigenvalue weighted by molar-refractivity contribution is -0.122. The highest BCUT2D eigenvalue weighted by Crippen LogP contribution is 2.40. The summed E-state index contributed by atoms with van der Waals surface area (Å²) in [6, 6.07) is 16.0. The molecule has 0 unspecified atom stereocenters. The monoisotopic (exact) mass is 411 g/mol. The van der Waals surface area contributed by atoms with Gasteiger partial charge in [-0.3, -0.25) is 9.69 Å². The zero-order valence-electron chi connectivity index (χ0n) is 15.6. The Bertz CT molecular complexity index is 923. The molecule has 0 atom stereocenters. The van der Waals surface area contributed by atoms with Gasteiger partial charge in [0.2, 0.25) is 0 Å². The average molecular weight is 412 g/mol. The van der Waals surface area contributed by atoms with Crippen molar-refractivity contribution in [3.05, 3.63) is 64.6 Å². The fourth-order valence-corrected chi connectivity index (χ4v) is 4.42. The van der Waals surface area contributed by atoms with Crippen molar-refractivity contribution in [1.29, 1.82) is 0 Å². The molecule has 1 saturated carbocycles. The largest absolute Gasteiger partial charge is 0.490 e. The van der Waals surface area contributed by atoms with Gasteiger partial charge in [-0.25, -0.2) is 0 Å². The normalized spacial score (nSPS) is 18.0. The first-order chi connectivity index (χ1) is 13.7. The highest BCUT2D eigenvalue weighted by Gasteiger charge is 2.41. The van der Waals surface area contributed by atoms with E-state index >= 15 is 0 Å². The number of carbonyl (C=O) groups is 1. The molecule has 6 heteroatoms. The molecule has 0 N–H and O–H groups in total. The van der Waals surface area contributed by atoms with Crippen molar-refractivity contribution < 1.29 is 14.3 Å². The fraction of sp³-hybridized carbons (Fsp3) is 0.273. The molecule has 1 aliphatic carbocycles. The summed E-state index contributed by atoms with van der Waals surface area (Å²) < 4.78 is 12.4. The van der Waals surface area contributed by atoms with Gasteiger partial charge < -0.3 is 9.47 Å². The standard InChI is InChI=1S/C22H21NO3S2/c1-2-25-19-12-16(8-11-18(19)26-14-15-6-4-3-5-7-15)13-20-21(24)23(17-9-10-17)22(27)28-20/h3-8,11-13,17H,2,9-10,14H2,1H3. The van der Waals surface area contributed by atoms with Gasteiger partial charge in [0.1, 0.15) is 10.9 Å². The molecule has 0 radical (unpaired) electrons. The van der Waals surface area contributed by atoms with Gasteiger partial charge in [0, 0.05) is 6.04 Å². The number of hydrogen-bond donors (Lipinski definition) is 0. The van der Waals surface area contributed by atoms with Gasteiger partial charge in [0.15, 0.2) is 11.5 Å². The molecule has 4 nitrogen and oxygen atoms in total. The SMILES string of the molecule is CCOc1cc(C=C2SC(=S)N(C3CC3)C2=O)ccc1OCc1ccccc1. The molecule has 0 spiro atoms. The Morgan fingerprint density at radius 3 is 2.64 bits per heavy atom. The Labute approximate surface area is 174 Å². The molecule has 1 aliphatic heterocycles. The number of ether oxygens (including phenoxy) is 2. The minimum Gasteiger partial charge on any atom is -0.490 e. The van der Waals surface area contributed by atoms with Crippen molar-refractivity contribution in [2.24, 2.45) is 0 Å². The van der Waals surface area contributed by atoms with Crippen LogP contribution in [-0.4, -0.2) is 27.8 Å². The lowest BCUT2D eigenvalue weighted by atomic mass is 10.1. The quantitative estimate of drug-likeness (QED) is 0.472. The highest BCUT2D eigenvalue weighted by molar-refractivity contribution is 8.26. The molecule has 0 aromatic heterocycles. The summed E-state index contributed by atoms with van der Waals surface area (Å²) in [6.45, 7) is 2.95. The second kappa shape index (κ2) is 8.37. The van der Waals surface area contributed by atoms with Gasteiger partial charge in [0.05, 0.1) is 11.5 Å². The maximum Gasteiger partial charge on any atom is 0.266 e. The molecule has 144 valence electrons. The molecule has 1 saturated heterocycles. The highest BCUT2D eigenvalue weighted by atomic mass is 32.2. The fourth-order valence-electron chi connectivity index (χ4n) is 3.02. The van der Waals surface area contributed by atoms with E-state index in [1.807, 2.05) is 61.5 Å². The Kier molecular flexibility index (Phi) is 5.69. The predicted octanol–water partition coefficient (Wildman–Crippen LogP) is 5.03. The minimum absolute atomic E-state index is 0.0138. The summed E-state index contributed by atoms with van der Waals surface area (Å²) in [5.74, 6) is 1.37. The summed E-state index contributed by atoms with van der Waals surface area (Å²) in [5.41, 5.74) is 1.99. The van der Waals surface area contributed by atoms with E-state index in [4.69, 9.17) is 21.7 Å². The lowest BCUT2D eigenvalue weighted by Crippen LogP contribution is -2.30. The number of carbonyl (C=O) groups excluding carboxylic acids is 1. The molecule has 4 rings (SSSR count). The van der Waals surface area contributed by atoms with Gasteiger partial charge in [-0.1, -0.05) is 60.4 Å². The third-order valence-electron chi connectivity index (χ3n) is 4.54. The third-order valence-corrected chi connectivity index (χ3v) is 5.87. The number of thiocarbonyl (C=S) groups is 1. The third kappa shape index (κ3) is 4.23. The van der Waals surface area contributed by atoms with E-state index in [1.165, 1.54) is 11.8 Å². The number of benzene rings is 2. The first kappa shape index (κ1) is 19.0. The number of hydrogen-bond acceptors (Lipinski definition) is 5. The maximum absolute atomic E-state index is 12.6. The van der Waals surface area contributed by atoms with Crippen molar-refractivity contribution in [3.8, 4) is 11.5 Å². The first-order valence-electron chi connectivity index (χ1n) is 9.36. The second-order valence-electron chi connectivity index (χ2n) is 6.70. The van der Waals surface area contributed by atoms with Gasteiger partial charge in [-0.2, -0.15) is 0 Å². The van der Waals surface area contributed by atoms with E-state index in [1.54, 1.807) is 4.90 Å². The summed E-state index contributed by atoms with van der Waals surface area (Å²) in [4.78, 5) is 15.1. The first-order valence-corrected chi connectivity index (χ1v) is 10.6. The Balaban J connectivity index is 1.53. The van der Waals surface area contributed by atoms with Crippen LogP contribution in [0.1, 0.15) is 30.9 Å². The van der Waals surface area contributed by atoms with E-state index in [0.717, 1.165) is 24.0 Å². The van der Waals surface area contributed by atoms with Gasteiger partial charge in [-0.05, 0) is 49.1 Å². The zero-order chi connectivity index (χ0) is 19.5. The van der Waals surface area contributed by atoms with Gasteiger partial charge in [0.25, 0.3) is 5.91 Å². The zero-order valence-corrected chi connectivity index (χ0v) is 17.2. The summed E-state index contributed by atoms with van der Waals surface area (Å²) in [5, 5.41) is 0. The van der Waals surface area contributed by atoms with Crippen molar-refractivity contribution >= 4 is 40.3 Å². The smallest absolute Gasteiger partial charge is 0.266 e. The maximum atomic E-state index is 12.6. The second-order valence-corrected chi connectivity index (χ2v) is 8.37. The van der Waals surface area contributed by atoms with E-state index in [-0.39, 0.29) is 5.91 Å². The van der Waals surface area contributed by atoms with Crippen molar-refractivity contribution in [2.75, 3.05) is 6.61 Å². The van der Waals surface area contributed by atoms with Crippen LogP contribution < -0.4 is 9.47 Å². The van der Waals surface area contributed by atoms with Crippen LogP contribution >= 0.6 is 24.0 Å². The van der Waals surface area contributed by atoms with Gasteiger partial charge >= 0.3 is 0 Å². The lowest BCUT2D eigenvalue weighted by Gasteiger charge is -2.13. The summed E-state index contributed by atoms with van der Waals surface area (Å²) in [7, 11) is 0. The topological polar surface area (TPSA) is 38.8 Å². The van der Waals surface area contributed by atoms with Crippen LogP contribution in [0, 0.1) is 0 Å². The van der Waals surface area contributed by atoms with Crippen LogP contribution in [0.15, 0.2) is 53.4 Å². The summed E-state index contributed by atoms with van der Waals surface area (Å²) in [6.07, 6.45) is 3.97. The van der Waals surface area contributed by atoms with Crippen LogP contribution in [0.5, 0.6) is 11.5 Å². The molecule has 1 heterocycles. The molecule has 2 aliphatic rings. The summed E-state index contributed by atoms with van der Waals surface area (Å²) >= 11 is 6.75. The minimum atomic E-state index is 0.0138. The number of thioether (sulfide) groups is 1. The number of amides is 1. The molecular formula is C22H21NO3S2.